The van der Waals surface area contributed by atoms with Gasteiger partial charge < -0.3 is 19.7 Å². The summed E-state index contributed by atoms with van der Waals surface area (Å²) in [7, 11) is -1.75. The summed E-state index contributed by atoms with van der Waals surface area (Å²) >= 11 is 0. The summed E-state index contributed by atoms with van der Waals surface area (Å²) in [5, 5.41) is 22.9. The number of carbonyl (C=O) groups is 3. The molecule has 4 atom stereocenters. The van der Waals surface area contributed by atoms with E-state index in [1.807, 2.05) is 0 Å². The van der Waals surface area contributed by atoms with Crippen molar-refractivity contribution in [1.29, 1.82) is 0 Å². The average Bonchev–Trinajstić information content (AvgIpc) is 3.07. The van der Waals surface area contributed by atoms with Crippen molar-refractivity contribution >= 4 is 40.1 Å². The number of alkyl carbamates (subject to hydrolysis) is 1. The summed E-state index contributed by atoms with van der Waals surface area (Å²) in [5.74, 6) is -1.42. The van der Waals surface area contributed by atoms with Gasteiger partial charge >= 0.3 is 12.1 Å². The van der Waals surface area contributed by atoms with E-state index >= 15 is 0 Å². The minimum absolute atomic E-state index is 0.119. The smallest absolute Gasteiger partial charge is 0.408 e. The van der Waals surface area contributed by atoms with Crippen molar-refractivity contribution in [2.45, 2.75) is 49.3 Å². The maximum Gasteiger partial charge on any atom is 0.408 e. The third kappa shape index (κ3) is 4.91. The van der Waals surface area contributed by atoms with Crippen LogP contribution in [0.15, 0.2) is 48.5 Å². The van der Waals surface area contributed by atoms with Crippen LogP contribution in [0.4, 0.5) is 16.2 Å². The van der Waals surface area contributed by atoms with Gasteiger partial charge in [0.05, 0.1) is 25.4 Å². The molecule has 0 spiro atoms. The van der Waals surface area contributed by atoms with Crippen LogP contribution in [-0.2, 0) is 43.1 Å². The maximum absolute atomic E-state index is 13.2. The molecule has 1 unspecified atom stereocenters. The second-order valence-electron chi connectivity index (χ2n) is 9.09. The lowest BCUT2D eigenvalue weighted by Gasteiger charge is -2.43. The molecule has 0 bridgehead atoms. The number of carbonyl (C=O) groups excluding carboxylic acids is 3. The van der Waals surface area contributed by atoms with Crippen LogP contribution in [-0.4, -0.2) is 59.1 Å². The number of fused-ring (bicyclic) bond motifs is 1. The fourth-order valence-electron chi connectivity index (χ4n) is 4.25. The van der Waals surface area contributed by atoms with Crippen molar-refractivity contribution in [3.63, 3.8) is 0 Å². The van der Waals surface area contributed by atoms with Gasteiger partial charge in [0.1, 0.15) is 30.7 Å². The Bertz CT molecular complexity index is 1330. The van der Waals surface area contributed by atoms with Crippen LogP contribution >= 0.6 is 0 Å². The largest absolute Gasteiger partial charge is 0.459 e. The summed E-state index contributed by atoms with van der Waals surface area (Å²) in [6.07, 6.45) is -0.958. The Balaban J connectivity index is 1.36. The number of hydrogen-bond donors (Lipinski definition) is 1. The summed E-state index contributed by atoms with van der Waals surface area (Å²) in [5.41, 5.74) is 0.730. The molecule has 2 aromatic carbocycles. The minimum atomic E-state index is -1.75. The molecule has 2 heterocycles. The predicted octanol–water partition coefficient (Wildman–Crippen LogP) is 1.92. The fraction of sp³-hybridized carbons (Fsp3) is 0.348. The normalized spacial score (nSPS) is 23.1. The molecule has 2 fully saturated rings. The number of nitro benzene ring substituents is 2. The zero-order valence-corrected chi connectivity index (χ0v) is 20.9. The summed E-state index contributed by atoms with van der Waals surface area (Å²) in [6, 6.07) is 8.41. The van der Waals surface area contributed by atoms with E-state index in [9.17, 15) is 38.8 Å². The molecule has 200 valence electrons. The number of nitrogens with zero attached hydrogens (tertiary/aromatic N) is 3. The van der Waals surface area contributed by atoms with E-state index in [0.29, 0.717) is 11.1 Å². The van der Waals surface area contributed by atoms with E-state index < -0.39 is 60.8 Å². The molecular weight excluding hydrogens is 524 g/mol. The Morgan fingerprint density at radius 2 is 1.42 bits per heavy atom. The van der Waals surface area contributed by atoms with Gasteiger partial charge in [0.2, 0.25) is 5.91 Å². The Morgan fingerprint density at radius 3 is 1.89 bits per heavy atom. The zero-order valence-electron chi connectivity index (χ0n) is 20.1. The monoisotopic (exact) mass is 546 g/mol. The lowest BCUT2D eigenvalue weighted by atomic mass is 9.96. The van der Waals surface area contributed by atoms with Crippen LogP contribution in [0.3, 0.4) is 0 Å². The van der Waals surface area contributed by atoms with Crippen LogP contribution in [0.25, 0.3) is 0 Å². The van der Waals surface area contributed by atoms with Crippen LogP contribution in [0.2, 0.25) is 0 Å². The van der Waals surface area contributed by atoms with Gasteiger partial charge in [0, 0.05) is 24.3 Å². The van der Waals surface area contributed by atoms with E-state index in [1.54, 1.807) is 13.8 Å². The number of esters is 1. The molecule has 15 heteroatoms. The van der Waals surface area contributed by atoms with Crippen LogP contribution in [0, 0.1) is 20.2 Å². The molecule has 38 heavy (non-hydrogen) atoms. The molecule has 2 aliphatic heterocycles. The number of hydrogen-bond acceptors (Lipinski definition) is 10. The average molecular weight is 547 g/mol. The lowest BCUT2D eigenvalue weighted by Crippen LogP contribution is -2.71. The number of amides is 2. The molecule has 2 amide bonds. The topological polar surface area (TPSA) is 188 Å². The van der Waals surface area contributed by atoms with E-state index in [0.717, 1.165) is 4.90 Å². The second kappa shape index (κ2) is 10.2. The van der Waals surface area contributed by atoms with Gasteiger partial charge in [-0.15, -0.1) is 0 Å². The maximum atomic E-state index is 13.2. The van der Waals surface area contributed by atoms with E-state index in [4.69, 9.17) is 9.47 Å². The summed E-state index contributed by atoms with van der Waals surface area (Å²) < 4.78 is 22.4. The van der Waals surface area contributed by atoms with Gasteiger partial charge in [-0.1, -0.05) is 0 Å². The molecule has 0 aliphatic carbocycles. The van der Waals surface area contributed by atoms with E-state index in [2.05, 4.69) is 5.32 Å². The highest BCUT2D eigenvalue weighted by Crippen LogP contribution is 2.44. The molecule has 2 aromatic rings. The molecule has 0 saturated carbocycles. The molecule has 0 radical (unpaired) electrons. The van der Waals surface area contributed by atoms with E-state index in [-0.39, 0.29) is 24.6 Å². The Morgan fingerprint density at radius 1 is 0.947 bits per heavy atom. The Labute approximate surface area is 217 Å². The van der Waals surface area contributed by atoms with Gasteiger partial charge in [-0.25, -0.2) is 9.59 Å². The van der Waals surface area contributed by atoms with Crippen molar-refractivity contribution in [2.75, 3.05) is 0 Å². The highest BCUT2D eigenvalue weighted by molar-refractivity contribution is 7.87. The molecule has 0 aromatic heterocycles. The zero-order chi connectivity index (χ0) is 27.8. The van der Waals surface area contributed by atoms with Crippen molar-refractivity contribution < 1.29 is 37.9 Å². The minimum Gasteiger partial charge on any atom is -0.459 e. The quantitative estimate of drug-likeness (QED) is 0.222. The van der Waals surface area contributed by atoms with Crippen LogP contribution in [0.1, 0.15) is 25.0 Å². The molecule has 4 rings (SSSR count). The van der Waals surface area contributed by atoms with E-state index in [1.165, 1.54) is 48.5 Å². The summed E-state index contributed by atoms with van der Waals surface area (Å²) in [6.45, 7) is 2.68. The highest BCUT2D eigenvalue weighted by Gasteiger charge is 2.68. The number of rotatable bonds is 8. The third-order valence-electron chi connectivity index (χ3n) is 6.30. The lowest BCUT2D eigenvalue weighted by molar-refractivity contribution is -0.385. The van der Waals surface area contributed by atoms with Crippen molar-refractivity contribution in [2.24, 2.45) is 0 Å². The van der Waals surface area contributed by atoms with Crippen molar-refractivity contribution in [1.82, 2.24) is 10.2 Å². The SMILES string of the molecule is CC1(C)C(C(=O)OCc2ccc([N+](=O)[O-])cc2)N2C(=O)[C@@H](NC(=O)OCc3ccc([N+](=O)[O-])cc3)[C@H]2[S@@]1=O. The first-order valence-electron chi connectivity index (χ1n) is 11.2. The number of non-ortho nitro benzene ring substituents is 2. The molecule has 2 aliphatic rings. The molecular formula is C23H22N4O10S. The third-order valence-corrected chi connectivity index (χ3v) is 8.49. The number of β-lactam (4-membered cyclic amide) rings is 1. The number of nitro groups is 2. The number of benzene rings is 2. The van der Waals surface area contributed by atoms with Crippen molar-refractivity contribution in [3.05, 3.63) is 79.9 Å². The van der Waals surface area contributed by atoms with Gasteiger partial charge in [0.15, 0.2) is 0 Å². The van der Waals surface area contributed by atoms with Gasteiger partial charge in [-0.05, 0) is 49.2 Å². The van der Waals surface area contributed by atoms with Crippen LogP contribution < -0.4 is 5.32 Å². The highest BCUT2D eigenvalue weighted by atomic mass is 32.2. The second-order valence-corrected chi connectivity index (χ2v) is 11.2. The molecule has 14 nitrogen and oxygen atoms in total. The summed E-state index contributed by atoms with van der Waals surface area (Å²) in [4.78, 5) is 59.6. The Hall–Kier alpha value is -4.40. The van der Waals surface area contributed by atoms with Crippen LogP contribution in [0.5, 0.6) is 0 Å². The molecule has 2 saturated heterocycles. The number of nitrogens with one attached hydrogen (secondary N) is 1. The van der Waals surface area contributed by atoms with Gasteiger partial charge in [0.25, 0.3) is 11.4 Å². The first-order valence-corrected chi connectivity index (χ1v) is 12.4. The van der Waals surface area contributed by atoms with Gasteiger partial charge in [-0.3, -0.25) is 29.2 Å². The predicted molar refractivity (Wildman–Crippen MR) is 130 cm³/mol. The standard InChI is InChI=1S/C23H22N4O10S/c1-23(2)18(21(29)36-11-13-3-7-15(8-4-13)26(31)32)25-19(28)17(20(25)38(23)35)24-22(30)37-12-14-5-9-16(10-6-14)27(33)34/h3-10,17-18,20H,11-12H2,1-2H3,(H,24,30)/t17-,18?,20-,38+/m1/s1. The number of ether oxygens (including phenoxy) is 2. The first-order chi connectivity index (χ1) is 17.9. The Kier molecular flexibility index (Phi) is 7.13. The van der Waals surface area contributed by atoms with Crippen molar-refractivity contribution in [3.8, 4) is 0 Å². The first kappa shape index (κ1) is 26.7. The van der Waals surface area contributed by atoms with Gasteiger partial charge in [-0.2, -0.15) is 0 Å². The molecule has 1 N–H and O–H groups in total. The fourth-order valence-corrected chi connectivity index (χ4v) is 6.17.